The Labute approximate surface area is 95.5 Å². The summed E-state index contributed by atoms with van der Waals surface area (Å²) in [6.45, 7) is 1.91. The lowest BCUT2D eigenvalue weighted by molar-refractivity contribution is 0.467. The lowest BCUT2D eigenvalue weighted by Crippen LogP contribution is -2.43. The summed E-state index contributed by atoms with van der Waals surface area (Å²) in [6.07, 6.45) is 0. The quantitative estimate of drug-likeness (QED) is 0.816. The van der Waals surface area contributed by atoms with Crippen molar-refractivity contribution in [2.75, 3.05) is 11.5 Å². The summed E-state index contributed by atoms with van der Waals surface area (Å²) in [5.41, 5.74) is 0.390. The molecule has 0 bridgehead atoms. The van der Waals surface area contributed by atoms with Crippen LogP contribution in [0.3, 0.4) is 0 Å². The molecule has 1 saturated heterocycles. The third-order valence-electron chi connectivity index (χ3n) is 2.61. The van der Waals surface area contributed by atoms with E-state index in [0.717, 1.165) is 6.07 Å². The molecule has 0 radical (unpaired) electrons. The second-order valence-electron chi connectivity index (χ2n) is 4.06. The summed E-state index contributed by atoms with van der Waals surface area (Å²) in [4.78, 5) is 0. The summed E-state index contributed by atoms with van der Waals surface area (Å²) >= 11 is 0. The zero-order valence-electron chi connectivity index (χ0n) is 8.87. The van der Waals surface area contributed by atoms with E-state index in [1.54, 1.807) is 0 Å². The molecule has 0 amide bonds. The molecule has 0 aliphatic carbocycles. The van der Waals surface area contributed by atoms with E-state index in [2.05, 4.69) is 5.32 Å². The van der Waals surface area contributed by atoms with E-state index in [0.29, 0.717) is 17.1 Å². The third-order valence-corrected chi connectivity index (χ3v) is 4.19. The van der Waals surface area contributed by atoms with Crippen molar-refractivity contribution < 1.29 is 13.0 Å². The Kier molecular flexibility index (Phi) is 3.35. The topological polar surface area (TPSA) is 29.1 Å². The van der Waals surface area contributed by atoms with Crippen molar-refractivity contribution in [2.45, 2.75) is 19.0 Å². The lowest BCUT2D eigenvalue weighted by Gasteiger charge is -2.28. The maximum atomic E-state index is 13.5. The van der Waals surface area contributed by atoms with Crippen molar-refractivity contribution in [3.05, 3.63) is 35.4 Å². The number of benzene rings is 1. The minimum atomic E-state index is -0.937. The minimum Gasteiger partial charge on any atom is -0.306 e. The van der Waals surface area contributed by atoms with Crippen LogP contribution >= 0.6 is 0 Å². The van der Waals surface area contributed by atoms with E-state index in [1.165, 1.54) is 12.1 Å². The van der Waals surface area contributed by atoms with Gasteiger partial charge in [-0.05, 0) is 13.0 Å². The Hall–Kier alpha value is -0.810. The molecule has 1 aliphatic rings. The van der Waals surface area contributed by atoms with Gasteiger partial charge in [0.15, 0.2) is 0 Å². The summed E-state index contributed by atoms with van der Waals surface area (Å²) in [5.74, 6) is -0.207. The van der Waals surface area contributed by atoms with Crippen LogP contribution in [0.4, 0.5) is 8.78 Å². The van der Waals surface area contributed by atoms with Crippen LogP contribution < -0.4 is 5.32 Å². The number of halogens is 2. The highest BCUT2D eigenvalue weighted by Crippen LogP contribution is 2.22. The van der Waals surface area contributed by atoms with Crippen LogP contribution in [-0.4, -0.2) is 21.8 Å². The summed E-state index contributed by atoms with van der Waals surface area (Å²) in [5, 5.41) is 3.17. The van der Waals surface area contributed by atoms with Crippen LogP contribution in [0.1, 0.15) is 18.5 Å². The van der Waals surface area contributed by atoms with E-state index < -0.39 is 22.4 Å². The zero-order chi connectivity index (χ0) is 11.7. The molecule has 2 nitrogen and oxygen atoms in total. The van der Waals surface area contributed by atoms with Crippen molar-refractivity contribution in [3.8, 4) is 0 Å². The molecule has 1 aromatic rings. The normalized spacial score (nSPS) is 30.3. The highest BCUT2D eigenvalue weighted by molar-refractivity contribution is 7.85. The molecule has 1 fully saturated rings. The second-order valence-corrected chi connectivity index (χ2v) is 5.61. The second kappa shape index (κ2) is 4.59. The Morgan fingerprint density at radius 3 is 2.75 bits per heavy atom. The Bertz CT molecular complexity index is 424. The van der Waals surface area contributed by atoms with Crippen molar-refractivity contribution in [1.82, 2.24) is 5.32 Å². The molecular weight excluding hydrogens is 232 g/mol. The van der Waals surface area contributed by atoms with Gasteiger partial charge in [-0.25, -0.2) is 8.78 Å². The summed E-state index contributed by atoms with van der Waals surface area (Å²) in [6, 6.07) is 3.30. The van der Waals surface area contributed by atoms with Gasteiger partial charge in [0.1, 0.15) is 11.6 Å². The molecule has 1 heterocycles. The first-order valence-corrected chi connectivity index (χ1v) is 6.61. The fourth-order valence-corrected chi connectivity index (χ4v) is 3.37. The highest BCUT2D eigenvalue weighted by Gasteiger charge is 2.26. The van der Waals surface area contributed by atoms with Gasteiger partial charge >= 0.3 is 0 Å². The maximum absolute atomic E-state index is 13.5. The molecule has 88 valence electrons. The summed E-state index contributed by atoms with van der Waals surface area (Å²) in [7, 11) is -0.937. The average molecular weight is 245 g/mol. The summed E-state index contributed by atoms with van der Waals surface area (Å²) < 4.78 is 37.8. The molecule has 0 saturated carbocycles. The van der Waals surface area contributed by atoms with Gasteiger partial charge in [-0.3, -0.25) is 4.21 Å². The van der Waals surface area contributed by atoms with E-state index in [9.17, 15) is 13.0 Å². The predicted molar refractivity (Wildman–Crippen MR) is 59.6 cm³/mol. The van der Waals surface area contributed by atoms with Crippen molar-refractivity contribution >= 4 is 10.8 Å². The van der Waals surface area contributed by atoms with Gasteiger partial charge in [-0.2, -0.15) is 0 Å². The van der Waals surface area contributed by atoms with Crippen molar-refractivity contribution in [2.24, 2.45) is 0 Å². The fourth-order valence-electron chi connectivity index (χ4n) is 1.94. The molecule has 3 unspecified atom stereocenters. The van der Waals surface area contributed by atoms with Gasteiger partial charge in [0.2, 0.25) is 0 Å². The number of hydrogen-bond donors (Lipinski definition) is 1. The SMILES string of the molecule is CC1CS(=O)CC(c2ccc(F)cc2F)N1. The highest BCUT2D eigenvalue weighted by atomic mass is 32.2. The van der Waals surface area contributed by atoms with Gasteiger partial charge in [0.05, 0.1) is 0 Å². The molecule has 1 aromatic carbocycles. The van der Waals surface area contributed by atoms with Crippen LogP contribution in [0.2, 0.25) is 0 Å². The van der Waals surface area contributed by atoms with Crippen LogP contribution in [0, 0.1) is 11.6 Å². The van der Waals surface area contributed by atoms with Crippen molar-refractivity contribution in [3.63, 3.8) is 0 Å². The lowest BCUT2D eigenvalue weighted by atomic mass is 10.1. The number of nitrogens with one attached hydrogen (secondary N) is 1. The smallest absolute Gasteiger partial charge is 0.130 e. The van der Waals surface area contributed by atoms with Gasteiger partial charge in [0, 0.05) is 46.0 Å². The molecule has 1 aliphatic heterocycles. The first-order valence-electron chi connectivity index (χ1n) is 5.12. The van der Waals surface area contributed by atoms with Crippen LogP contribution in [0.25, 0.3) is 0 Å². The molecule has 0 aromatic heterocycles. The fraction of sp³-hybridized carbons (Fsp3) is 0.455. The van der Waals surface area contributed by atoms with E-state index >= 15 is 0 Å². The van der Waals surface area contributed by atoms with E-state index in [-0.39, 0.29) is 12.1 Å². The molecule has 0 spiro atoms. The largest absolute Gasteiger partial charge is 0.306 e. The molecule has 5 heteroatoms. The molecular formula is C11H13F2NOS. The first kappa shape index (κ1) is 11.7. The minimum absolute atomic E-state index is 0.0871. The Balaban J connectivity index is 2.26. The third kappa shape index (κ3) is 2.47. The monoisotopic (exact) mass is 245 g/mol. The van der Waals surface area contributed by atoms with Gasteiger partial charge in [-0.1, -0.05) is 6.07 Å². The average Bonchev–Trinajstić information content (AvgIpc) is 2.15. The Morgan fingerprint density at radius 1 is 1.38 bits per heavy atom. The van der Waals surface area contributed by atoms with E-state index in [4.69, 9.17) is 0 Å². The number of rotatable bonds is 1. The maximum Gasteiger partial charge on any atom is 0.130 e. The van der Waals surface area contributed by atoms with Gasteiger partial charge in [-0.15, -0.1) is 0 Å². The van der Waals surface area contributed by atoms with Crippen LogP contribution in [0.15, 0.2) is 18.2 Å². The van der Waals surface area contributed by atoms with E-state index in [1.807, 2.05) is 6.92 Å². The van der Waals surface area contributed by atoms with Crippen LogP contribution in [-0.2, 0) is 10.8 Å². The molecule has 1 N–H and O–H groups in total. The molecule has 2 rings (SSSR count). The standard InChI is InChI=1S/C11H13F2NOS/c1-7-5-16(15)6-11(14-7)9-3-2-8(12)4-10(9)13/h2-4,7,11,14H,5-6H2,1H3. The zero-order valence-corrected chi connectivity index (χ0v) is 9.69. The first-order chi connectivity index (χ1) is 7.56. The molecule has 3 atom stereocenters. The van der Waals surface area contributed by atoms with Crippen molar-refractivity contribution in [1.29, 1.82) is 0 Å². The predicted octanol–water partition coefficient (Wildman–Crippen LogP) is 1.75. The van der Waals surface area contributed by atoms with Crippen LogP contribution in [0.5, 0.6) is 0 Å². The molecule has 16 heavy (non-hydrogen) atoms. The number of hydrogen-bond acceptors (Lipinski definition) is 2. The Morgan fingerprint density at radius 2 is 2.12 bits per heavy atom. The van der Waals surface area contributed by atoms with Gasteiger partial charge < -0.3 is 5.32 Å². The van der Waals surface area contributed by atoms with Gasteiger partial charge in [0.25, 0.3) is 0 Å².